The summed E-state index contributed by atoms with van der Waals surface area (Å²) < 4.78 is 18.8. The fourth-order valence-corrected chi connectivity index (χ4v) is 3.76. The van der Waals surface area contributed by atoms with Crippen LogP contribution in [0.3, 0.4) is 0 Å². The van der Waals surface area contributed by atoms with Crippen molar-refractivity contribution in [2.45, 2.75) is 13.5 Å². The smallest absolute Gasteiger partial charge is 0.264 e. The number of piperazine rings is 1. The molecule has 0 aliphatic carbocycles. The van der Waals surface area contributed by atoms with Crippen LogP contribution in [-0.2, 0) is 6.54 Å². The fourth-order valence-electron chi connectivity index (χ4n) is 2.93. The molecule has 1 aromatic heterocycles. The Morgan fingerprint density at radius 3 is 2.58 bits per heavy atom. The first kappa shape index (κ1) is 16.9. The molecule has 1 aromatic carbocycles. The van der Waals surface area contributed by atoms with Crippen LogP contribution >= 0.6 is 11.3 Å². The van der Waals surface area contributed by atoms with Crippen molar-refractivity contribution in [3.8, 4) is 5.75 Å². The number of aryl methyl sites for hydroxylation is 1. The van der Waals surface area contributed by atoms with Crippen molar-refractivity contribution in [3.05, 3.63) is 51.5 Å². The third-order valence-corrected chi connectivity index (χ3v) is 5.24. The molecule has 0 unspecified atom stereocenters. The summed E-state index contributed by atoms with van der Waals surface area (Å²) in [5.41, 5.74) is 0.839. The number of halogens is 1. The molecule has 24 heavy (non-hydrogen) atoms. The van der Waals surface area contributed by atoms with Gasteiger partial charge in [0.25, 0.3) is 5.91 Å². The van der Waals surface area contributed by atoms with Gasteiger partial charge in [-0.3, -0.25) is 9.69 Å². The number of hydrogen-bond acceptors (Lipinski definition) is 4. The molecule has 1 aliphatic rings. The van der Waals surface area contributed by atoms with Crippen molar-refractivity contribution in [1.82, 2.24) is 9.80 Å². The minimum Gasteiger partial charge on any atom is -0.496 e. The zero-order valence-corrected chi connectivity index (χ0v) is 14.7. The Kier molecular flexibility index (Phi) is 5.16. The standard InChI is InChI=1S/C18H21FN2O2S/c1-13-3-6-17(24-13)18(22)21-9-7-20(8-10-21)12-14-11-15(19)4-5-16(14)23-2/h3-6,11H,7-10,12H2,1-2H3. The summed E-state index contributed by atoms with van der Waals surface area (Å²) in [5.74, 6) is 0.549. The van der Waals surface area contributed by atoms with E-state index in [0.29, 0.717) is 25.4 Å². The first-order valence-electron chi connectivity index (χ1n) is 7.97. The van der Waals surface area contributed by atoms with Crippen LogP contribution < -0.4 is 4.74 Å². The van der Waals surface area contributed by atoms with E-state index in [0.717, 1.165) is 28.4 Å². The van der Waals surface area contributed by atoms with E-state index in [2.05, 4.69) is 4.90 Å². The number of amides is 1. The number of ether oxygens (including phenoxy) is 1. The van der Waals surface area contributed by atoms with Crippen LogP contribution in [0.25, 0.3) is 0 Å². The molecule has 2 aromatic rings. The van der Waals surface area contributed by atoms with Crippen LogP contribution in [0.5, 0.6) is 5.75 Å². The Morgan fingerprint density at radius 2 is 1.96 bits per heavy atom. The molecule has 4 nitrogen and oxygen atoms in total. The van der Waals surface area contributed by atoms with Crippen LogP contribution in [0.4, 0.5) is 4.39 Å². The molecule has 1 saturated heterocycles. The molecule has 128 valence electrons. The Labute approximate surface area is 145 Å². The highest BCUT2D eigenvalue weighted by Gasteiger charge is 2.23. The molecule has 6 heteroatoms. The van der Waals surface area contributed by atoms with Gasteiger partial charge < -0.3 is 9.64 Å². The maximum Gasteiger partial charge on any atom is 0.264 e. The molecule has 1 fully saturated rings. The van der Waals surface area contributed by atoms with Crippen LogP contribution in [-0.4, -0.2) is 49.0 Å². The van der Waals surface area contributed by atoms with Gasteiger partial charge in [-0.2, -0.15) is 0 Å². The third-order valence-electron chi connectivity index (χ3n) is 4.25. The van der Waals surface area contributed by atoms with E-state index in [9.17, 15) is 9.18 Å². The Morgan fingerprint density at radius 1 is 1.21 bits per heavy atom. The second-order valence-corrected chi connectivity index (χ2v) is 7.22. The fraction of sp³-hybridized carbons (Fsp3) is 0.389. The van der Waals surface area contributed by atoms with E-state index in [1.165, 1.54) is 23.5 Å². The predicted octanol–water partition coefficient (Wildman–Crippen LogP) is 3.16. The Bertz CT molecular complexity index is 724. The SMILES string of the molecule is COc1ccc(F)cc1CN1CCN(C(=O)c2ccc(C)s2)CC1. The van der Waals surface area contributed by atoms with Gasteiger partial charge in [0, 0.05) is 43.2 Å². The van der Waals surface area contributed by atoms with Crippen LogP contribution in [0.15, 0.2) is 30.3 Å². The van der Waals surface area contributed by atoms with Crippen LogP contribution in [0, 0.1) is 12.7 Å². The molecule has 0 saturated carbocycles. The van der Waals surface area contributed by atoms with Gasteiger partial charge in [-0.15, -0.1) is 11.3 Å². The van der Waals surface area contributed by atoms with Gasteiger partial charge >= 0.3 is 0 Å². The van der Waals surface area contributed by atoms with Crippen molar-refractivity contribution < 1.29 is 13.9 Å². The lowest BCUT2D eigenvalue weighted by molar-refractivity contribution is 0.0632. The van der Waals surface area contributed by atoms with Crippen LogP contribution in [0.1, 0.15) is 20.1 Å². The summed E-state index contributed by atoms with van der Waals surface area (Å²) in [5, 5.41) is 0. The number of hydrogen-bond donors (Lipinski definition) is 0. The maximum absolute atomic E-state index is 13.5. The van der Waals surface area contributed by atoms with E-state index < -0.39 is 0 Å². The summed E-state index contributed by atoms with van der Waals surface area (Å²) in [7, 11) is 1.59. The predicted molar refractivity (Wildman–Crippen MR) is 93.2 cm³/mol. The molecular weight excluding hydrogens is 327 g/mol. The van der Waals surface area contributed by atoms with Gasteiger partial charge in [-0.05, 0) is 37.3 Å². The molecule has 0 spiro atoms. The molecule has 3 rings (SSSR count). The van der Waals surface area contributed by atoms with Gasteiger partial charge in [0.15, 0.2) is 0 Å². The largest absolute Gasteiger partial charge is 0.496 e. The molecule has 1 aliphatic heterocycles. The van der Waals surface area contributed by atoms with Gasteiger partial charge in [0.1, 0.15) is 11.6 Å². The normalized spacial score (nSPS) is 15.5. The summed E-state index contributed by atoms with van der Waals surface area (Å²) >= 11 is 1.54. The summed E-state index contributed by atoms with van der Waals surface area (Å²) in [6, 6.07) is 8.45. The van der Waals surface area contributed by atoms with E-state index in [4.69, 9.17) is 4.74 Å². The molecule has 0 bridgehead atoms. The summed E-state index contributed by atoms with van der Waals surface area (Å²) in [6.07, 6.45) is 0. The highest BCUT2D eigenvalue weighted by molar-refractivity contribution is 7.13. The average Bonchev–Trinajstić information content (AvgIpc) is 3.02. The second kappa shape index (κ2) is 7.32. The van der Waals surface area contributed by atoms with Crippen LogP contribution in [0.2, 0.25) is 0 Å². The molecule has 0 N–H and O–H groups in total. The zero-order chi connectivity index (χ0) is 17.1. The van der Waals surface area contributed by atoms with Gasteiger partial charge in [-0.25, -0.2) is 4.39 Å². The van der Waals surface area contributed by atoms with Crippen molar-refractivity contribution in [2.24, 2.45) is 0 Å². The van der Waals surface area contributed by atoms with Crippen molar-refractivity contribution in [1.29, 1.82) is 0 Å². The van der Waals surface area contributed by atoms with E-state index in [1.807, 2.05) is 24.0 Å². The van der Waals surface area contributed by atoms with E-state index >= 15 is 0 Å². The van der Waals surface area contributed by atoms with Crippen molar-refractivity contribution >= 4 is 17.2 Å². The summed E-state index contributed by atoms with van der Waals surface area (Å²) in [4.78, 5) is 18.5. The number of carbonyl (C=O) groups is 1. The highest BCUT2D eigenvalue weighted by atomic mass is 32.1. The number of rotatable bonds is 4. The molecule has 0 radical (unpaired) electrons. The second-order valence-electron chi connectivity index (χ2n) is 5.93. The number of nitrogens with zero attached hydrogens (tertiary/aromatic N) is 2. The van der Waals surface area contributed by atoms with E-state index in [1.54, 1.807) is 13.2 Å². The summed E-state index contributed by atoms with van der Waals surface area (Å²) in [6.45, 7) is 5.55. The highest BCUT2D eigenvalue weighted by Crippen LogP contribution is 2.22. The third kappa shape index (κ3) is 3.76. The quantitative estimate of drug-likeness (QED) is 0.851. The monoisotopic (exact) mass is 348 g/mol. The number of thiophene rings is 1. The van der Waals surface area contributed by atoms with Gasteiger partial charge in [-0.1, -0.05) is 0 Å². The topological polar surface area (TPSA) is 32.8 Å². The number of methoxy groups -OCH3 is 1. The lowest BCUT2D eigenvalue weighted by Gasteiger charge is -2.34. The Hall–Kier alpha value is -1.92. The zero-order valence-electron chi connectivity index (χ0n) is 13.9. The number of benzene rings is 1. The molecule has 1 amide bonds. The average molecular weight is 348 g/mol. The minimum atomic E-state index is -0.257. The lowest BCUT2D eigenvalue weighted by Crippen LogP contribution is -2.48. The first-order valence-corrected chi connectivity index (χ1v) is 8.79. The molecule has 2 heterocycles. The van der Waals surface area contributed by atoms with Crippen molar-refractivity contribution in [2.75, 3.05) is 33.3 Å². The van der Waals surface area contributed by atoms with Gasteiger partial charge in [0.05, 0.1) is 12.0 Å². The maximum atomic E-state index is 13.5. The lowest BCUT2D eigenvalue weighted by atomic mass is 10.1. The minimum absolute atomic E-state index is 0.107. The Balaban J connectivity index is 1.59. The first-order chi connectivity index (χ1) is 11.6. The van der Waals surface area contributed by atoms with Crippen molar-refractivity contribution in [3.63, 3.8) is 0 Å². The number of carbonyl (C=O) groups excluding carboxylic acids is 1. The molecule has 0 atom stereocenters. The van der Waals surface area contributed by atoms with E-state index in [-0.39, 0.29) is 11.7 Å². The van der Waals surface area contributed by atoms with Gasteiger partial charge in [0.2, 0.25) is 0 Å². The molecular formula is C18H21FN2O2S.